The lowest BCUT2D eigenvalue weighted by molar-refractivity contribution is -0.289. The molecule has 1 aliphatic heterocycles. The van der Waals surface area contributed by atoms with Crippen molar-refractivity contribution < 1.29 is 26.7 Å². The molecule has 0 aliphatic carbocycles. The van der Waals surface area contributed by atoms with Crippen LogP contribution >= 0.6 is 0 Å². The summed E-state index contributed by atoms with van der Waals surface area (Å²) in [6, 6.07) is 9.83. The van der Waals surface area contributed by atoms with Gasteiger partial charge in [0.05, 0.1) is 5.56 Å². The number of rotatable bonds is 8. The molecule has 4 heterocycles. The van der Waals surface area contributed by atoms with E-state index < -0.39 is 23.6 Å². The Kier molecular flexibility index (Phi) is 7.91. The van der Waals surface area contributed by atoms with E-state index in [1.165, 1.54) is 12.3 Å². The fourth-order valence-electron chi connectivity index (χ4n) is 4.79. The van der Waals surface area contributed by atoms with Crippen LogP contribution in [-0.4, -0.2) is 70.1 Å². The molecule has 5 rings (SSSR count). The second-order valence-electron chi connectivity index (χ2n) is 9.94. The first-order valence-electron chi connectivity index (χ1n) is 12.9. The molecule has 4 aromatic rings. The Morgan fingerprint density at radius 1 is 0.976 bits per heavy atom. The first-order chi connectivity index (χ1) is 19.5. The molecule has 1 amide bonds. The number of pyridine rings is 2. The molecule has 0 radical (unpaired) electrons. The molecule has 13 heteroatoms. The van der Waals surface area contributed by atoms with Crippen LogP contribution in [0.5, 0.6) is 0 Å². The second-order valence-corrected chi connectivity index (χ2v) is 9.94. The number of hydrogen-bond acceptors (Lipinski definition) is 6. The summed E-state index contributed by atoms with van der Waals surface area (Å²) < 4.78 is 68.9. The average Bonchev–Trinajstić information content (AvgIpc) is 3.42. The number of anilines is 2. The quantitative estimate of drug-likeness (QED) is 0.251. The smallest absolute Gasteiger partial charge is 0.365 e. The molecule has 0 atom stereocenters. The first-order valence-corrected chi connectivity index (χ1v) is 12.9. The zero-order valence-electron chi connectivity index (χ0n) is 22.1. The number of likely N-dealkylation sites (N-methyl/N-ethyl adjacent to an activating group) is 1. The van der Waals surface area contributed by atoms with Crippen LogP contribution in [0.2, 0.25) is 0 Å². The number of fused-ring (bicyclic) bond motifs is 1. The number of halogens is 5. The fraction of sp³-hybridized carbons (Fsp3) is 0.321. The Labute approximate surface area is 232 Å². The molecular weight excluding hydrogens is 545 g/mol. The topological polar surface area (TPSA) is 89.2 Å². The molecule has 41 heavy (non-hydrogen) atoms. The Morgan fingerprint density at radius 3 is 2.51 bits per heavy atom. The van der Waals surface area contributed by atoms with E-state index in [4.69, 9.17) is 0 Å². The summed E-state index contributed by atoms with van der Waals surface area (Å²) in [5.41, 5.74) is 0.584. The highest BCUT2D eigenvalue weighted by Crippen LogP contribution is 2.45. The SMILES string of the molecule is CN1CCN(Cc2cc(NC(=O)c3cccnc3NCc3ccnc4[nH]ccc34)ccc2C(F)(F)C(F)(F)F)CC1. The average molecular weight is 574 g/mol. The zero-order chi connectivity index (χ0) is 29.2. The predicted octanol–water partition coefficient (Wildman–Crippen LogP) is 5.22. The highest BCUT2D eigenvalue weighted by molar-refractivity contribution is 6.07. The number of aromatic nitrogens is 3. The Hall–Kier alpha value is -4.10. The summed E-state index contributed by atoms with van der Waals surface area (Å²) in [6.07, 6.45) is -0.812. The number of hydrogen-bond donors (Lipinski definition) is 3. The maximum atomic E-state index is 14.5. The van der Waals surface area contributed by atoms with Gasteiger partial charge in [-0.15, -0.1) is 0 Å². The van der Waals surface area contributed by atoms with Gasteiger partial charge in [0, 0.05) is 74.5 Å². The normalized spacial score (nSPS) is 15.3. The molecular formula is C28H28F5N7O. The minimum atomic E-state index is -5.76. The van der Waals surface area contributed by atoms with Gasteiger partial charge in [-0.3, -0.25) is 9.69 Å². The molecule has 3 N–H and O–H groups in total. The van der Waals surface area contributed by atoms with Gasteiger partial charge in [0.1, 0.15) is 11.5 Å². The molecule has 8 nitrogen and oxygen atoms in total. The van der Waals surface area contributed by atoms with Crippen molar-refractivity contribution in [1.82, 2.24) is 24.8 Å². The van der Waals surface area contributed by atoms with Gasteiger partial charge >= 0.3 is 12.1 Å². The summed E-state index contributed by atoms with van der Waals surface area (Å²) in [5.74, 6) is -5.36. The molecule has 0 spiro atoms. The van der Waals surface area contributed by atoms with Gasteiger partial charge in [0.2, 0.25) is 0 Å². The van der Waals surface area contributed by atoms with Crippen molar-refractivity contribution >= 4 is 28.4 Å². The molecule has 0 bridgehead atoms. The van der Waals surface area contributed by atoms with E-state index in [0.29, 0.717) is 32.7 Å². The highest BCUT2D eigenvalue weighted by atomic mass is 19.4. The van der Waals surface area contributed by atoms with Crippen molar-refractivity contribution in [1.29, 1.82) is 0 Å². The summed E-state index contributed by atoms with van der Waals surface area (Å²) in [4.78, 5) is 28.7. The van der Waals surface area contributed by atoms with Crippen molar-refractivity contribution in [2.75, 3.05) is 43.9 Å². The number of benzene rings is 1. The lowest BCUT2D eigenvalue weighted by atomic mass is 9.99. The van der Waals surface area contributed by atoms with E-state index in [-0.39, 0.29) is 29.2 Å². The number of alkyl halides is 5. The number of aromatic amines is 1. The van der Waals surface area contributed by atoms with E-state index in [0.717, 1.165) is 28.7 Å². The highest BCUT2D eigenvalue weighted by Gasteiger charge is 2.59. The predicted molar refractivity (Wildman–Crippen MR) is 145 cm³/mol. The number of amides is 1. The van der Waals surface area contributed by atoms with Crippen LogP contribution in [-0.2, 0) is 19.0 Å². The Bertz CT molecular complexity index is 1530. The summed E-state index contributed by atoms with van der Waals surface area (Å²) in [6.45, 7) is 2.58. The maximum absolute atomic E-state index is 14.5. The minimum Gasteiger partial charge on any atom is -0.365 e. The zero-order valence-corrected chi connectivity index (χ0v) is 22.1. The summed E-state index contributed by atoms with van der Waals surface area (Å²) in [7, 11) is 1.91. The Balaban J connectivity index is 1.38. The number of carbonyl (C=O) groups excluding carboxylic acids is 1. The van der Waals surface area contributed by atoms with Gasteiger partial charge in [-0.25, -0.2) is 9.97 Å². The lowest BCUT2D eigenvalue weighted by Crippen LogP contribution is -2.44. The van der Waals surface area contributed by atoms with Gasteiger partial charge in [-0.05, 0) is 54.6 Å². The molecule has 1 aliphatic rings. The fourth-order valence-corrected chi connectivity index (χ4v) is 4.79. The lowest BCUT2D eigenvalue weighted by Gasteiger charge is -2.33. The van der Waals surface area contributed by atoms with Gasteiger partial charge in [0.15, 0.2) is 0 Å². The molecule has 3 aromatic heterocycles. The van der Waals surface area contributed by atoms with E-state index in [1.54, 1.807) is 24.5 Å². The molecule has 1 saturated heterocycles. The van der Waals surface area contributed by atoms with Gasteiger partial charge in [-0.2, -0.15) is 22.0 Å². The maximum Gasteiger partial charge on any atom is 0.458 e. The molecule has 0 saturated carbocycles. The van der Waals surface area contributed by atoms with Crippen LogP contribution < -0.4 is 10.6 Å². The first kappa shape index (κ1) is 28.4. The van der Waals surface area contributed by atoms with Crippen LogP contribution in [0.3, 0.4) is 0 Å². The largest absolute Gasteiger partial charge is 0.458 e. The Morgan fingerprint density at radius 2 is 1.76 bits per heavy atom. The van der Waals surface area contributed by atoms with Gasteiger partial charge in [0.25, 0.3) is 5.91 Å². The standard InChI is InChI=1S/C28H28F5N7O/c1-39-11-13-40(14-12-39)17-19-15-20(4-5-23(19)27(29,30)28(31,32)33)38-26(41)22-3-2-8-34-25(22)37-16-18-6-9-35-24-21(18)7-10-36-24/h2-10,15H,11-14,16-17H2,1H3,(H,34,37)(H,35,36)(H,38,41). The van der Waals surface area contributed by atoms with Crippen LogP contribution in [0.15, 0.2) is 61.1 Å². The van der Waals surface area contributed by atoms with Crippen LogP contribution in [0.25, 0.3) is 11.0 Å². The van der Waals surface area contributed by atoms with E-state index in [9.17, 15) is 26.7 Å². The van der Waals surface area contributed by atoms with E-state index in [2.05, 4.69) is 25.6 Å². The van der Waals surface area contributed by atoms with Crippen molar-refractivity contribution in [3.05, 3.63) is 83.3 Å². The monoisotopic (exact) mass is 573 g/mol. The third kappa shape index (κ3) is 6.15. The number of nitrogens with one attached hydrogen (secondary N) is 3. The number of H-pyrrole nitrogens is 1. The second kappa shape index (κ2) is 11.4. The van der Waals surface area contributed by atoms with Gasteiger partial charge in [-0.1, -0.05) is 6.07 Å². The van der Waals surface area contributed by atoms with Crippen molar-refractivity contribution in [3.63, 3.8) is 0 Å². The van der Waals surface area contributed by atoms with E-state index >= 15 is 0 Å². The van der Waals surface area contributed by atoms with E-state index in [1.807, 2.05) is 29.0 Å². The van der Waals surface area contributed by atoms with Crippen molar-refractivity contribution in [2.45, 2.75) is 25.2 Å². The van der Waals surface area contributed by atoms with Crippen LogP contribution in [0.4, 0.5) is 33.5 Å². The van der Waals surface area contributed by atoms with Crippen molar-refractivity contribution in [3.8, 4) is 0 Å². The third-order valence-electron chi connectivity index (χ3n) is 7.10. The molecule has 1 aromatic carbocycles. The third-order valence-corrected chi connectivity index (χ3v) is 7.10. The molecule has 0 unspecified atom stereocenters. The van der Waals surface area contributed by atoms with Crippen molar-refractivity contribution in [2.24, 2.45) is 0 Å². The summed E-state index contributed by atoms with van der Waals surface area (Å²) in [5, 5.41) is 6.69. The minimum absolute atomic E-state index is 0.0961. The molecule has 216 valence electrons. The molecule has 1 fully saturated rings. The number of nitrogens with zero attached hydrogens (tertiary/aromatic N) is 4. The van der Waals surface area contributed by atoms with Crippen LogP contribution in [0, 0.1) is 0 Å². The van der Waals surface area contributed by atoms with Gasteiger partial charge < -0.3 is 20.5 Å². The number of carbonyl (C=O) groups is 1. The summed E-state index contributed by atoms with van der Waals surface area (Å²) >= 11 is 0. The number of piperazine rings is 1. The van der Waals surface area contributed by atoms with Crippen LogP contribution in [0.1, 0.15) is 27.0 Å².